The molecule has 0 aliphatic rings. The number of rotatable bonds is 8. The summed E-state index contributed by atoms with van der Waals surface area (Å²) in [4.78, 5) is 5.07. The fraction of sp³-hybridized carbons (Fsp3) is 0.462. The number of thiophene rings is 1. The van der Waals surface area contributed by atoms with Crippen LogP contribution in [0.1, 0.15) is 23.5 Å². The maximum Gasteiger partial charge on any atom is 0.250 e. The summed E-state index contributed by atoms with van der Waals surface area (Å²) in [7, 11) is -1.64. The van der Waals surface area contributed by atoms with Crippen LogP contribution in [-0.2, 0) is 29.4 Å². The van der Waals surface area contributed by atoms with Gasteiger partial charge in [-0.25, -0.2) is 18.1 Å². The van der Waals surface area contributed by atoms with Gasteiger partial charge in [-0.2, -0.15) is 0 Å². The van der Waals surface area contributed by atoms with Gasteiger partial charge < -0.3 is 9.73 Å². The Balaban J connectivity index is 1.99. The number of hydrogen-bond donors (Lipinski definition) is 2. The van der Waals surface area contributed by atoms with Crippen LogP contribution in [0.15, 0.2) is 27.0 Å². The van der Waals surface area contributed by atoms with Gasteiger partial charge in [0.2, 0.25) is 5.89 Å². The van der Waals surface area contributed by atoms with Gasteiger partial charge in [-0.05, 0) is 32.1 Å². The van der Waals surface area contributed by atoms with Crippen LogP contribution >= 0.6 is 11.3 Å². The van der Waals surface area contributed by atoms with E-state index in [0.717, 1.165) is 30.0 Å². The molecule has 2 N–H and O–H groups in total. The molecule has 0 unspecified atom stereocenters. The second kappa shape index (κ2) is 7.17. The Morgan fingerprint density at radius 3 is 2.86 bits per heavy atom. The number of aromatic nitrogens is 1. The van der Waals surface area contributed by atoms with Crippen LogP contribution in [0.5, 0.6) is 0 Å². The molecule has 8 heteroatoms. The van der Waals surface area contributed by atoms with Crippen molar-refractivity contribution in [3.8, 4) is 0 Å². The minimum absolute atomic E-state index is 0.0616. The Bertz CT molecular complexity index is 676. The first kappa shape index (κ1) is 16.2. The molecule has 0 radical (unpaired) electrons. The summed E-state index contributed by atoms with van der Waals surface area (Å²) in [6, 6.07) is 3.47. The smallest absolute Gasteiger partial charge is 0.250 e. The molecule has 6 nitrogen and oxygen atoms in total. The van der Waals surface area contributed by atoms with E-state index in [-0.39, 0.29) is 6.54 Å². The lowest BCUT2D eigenvalue weighted by molar-refractivity contribution is 0.452. The van der Waals surface area contributed by atoms with Crippen molar-refractivity contribution in [2.75, 3.05) is 13.6 Å². The zero-order chi connectivity index (χ0) is 15.3. The lowest BCUT2D eigenvalue weighted by atomic mass is 10.3. The first-order chi connectivity index (χ1) is 10.0. The van der Waals surface area contributed by atoms with E-state index in [9.17, 15) is 8.42 Å². The van der Waals surface area contributed by atoms with Gasteiger partial charge in [0.05, 0.1) is 12.7 Å². The quantitative estimate of drug-likeness (QED) is 0.767. The Labute approximate surface area is 128 Å². The van der Waals surface area contributed by atoms with Crippen LogP contribution in [0.25, 0.3) is 0 Å². The highest BCUT2D eigenvalue weighted by Crippen LogP contribution is 2.22. The third kappa shape index (κ3) is 4.37. The number of nitrogens with one attached hydrogen (secondary N) is 2. The summed E-state index contributed by atoms with van der Waals surface area (Å²) in [5.41, 5.74) is 0. The molecule has 0 amide bonds. The number of hydrogen-bond acceptors (Lipinski definition) is 6. The summed E-state index contributed by atoms with van der Waals surface area (Å²) >= 11 is 1.28. The summed E-state index contributed by atoms with van der Waals surface area (Å²) in [5.74, 6) is 1.12. The molecule has 2 aromatic heterocycles. The topological polar surface area (TPSA) is 84.2 Å². The average molecular weight is 329 g/mol. The van der Waals surface area contributed by atoms with Gasteiger partial charge in [0.25, 0.3) is 10.0 Å². The number of oxazole rings is 1. The molecule has 2 aromatic rings. The van der Waals surface area contributed by atoms with E-state index in [1.165, 1.54) is 11.3 Å². The van der Waals surface area contributed by atoms with E-state index in [1.54, 1.807) is 12.3 Å². The first-order valence-corrected chi connectivity index (χ1v) is 9.01. The van der Waals surface area contributed by atoms with Crippen LogP contribution in [-0.4, -0.2) is 27.0 Å². The Morgan fingerprint density at radius 1 is 1.38 bits per heavy atom. The molecular weight excluding hydrogens is 310 g/mol. The number of nitrogens with zero attached hydrogens (tertiary/aromatic N) is 1. The number of sulfonamides is 1. The molecule has 0 spiro atoms. The van der Waals surface area contributed by atoms with Gasteiger partial charge in [-0.15, -0.1) is 11.3 Å². The van der Waals surface area contributed by atoms with Crippen LogP contribution in [0.4, 0.5) is 0 Å². The van der Waals surface area contributed by atoms with E-state index in [0.29, 0.717) is 10.1 Å². The van der Waals surface area contributed by atoms with E-state index in [1.807, 2.05) is 20.0 Å². The third-order valence-electron chi connectivity index (χ3n) is 2.89. The predicted molar refractivity (Wildman–Crippen MR) is 81.9 cm³/mol. The molecule has 0 saturated carbocycles. The van der Waals surface area contributed by atoms with Gasteiger partial charge in [0.1, 0.15) is 9.97 Å². The van der Waals surface area contributed by atoms with E-state index in [2.05, 4.69) is 15.0 Å². The van der Waals surface area contributed by atoms with Crippen LogP contribution in [0, 0.1) is 0 Å². The molecule has 2 heterocycles. The standard InChI is InChI=1S/C13H19N3O3S2/c1-3-10-8-15-12(19-10)9-16-21(17,18)13-5-4-11(20-13)6-7-14-2/h4-5,8,14,16H,3,6-7,9H2,1-2H3. The second-order valence-electron chi connectivity index (χ2n) is 4.47. The molecule has 0 bridgehead atoms. The van der Waals surface area contributed by atoms with Crippen molar-refractivity contribution < 1.29 is 12.8 Å². The van der Waals surface area contributed by atoms with Gasteiger partial charge >= 0.3 is 0 Å². The van der Waals surface area contributed by atoms with Crippen molar-refractivity contribution >= 4 is 21.4 Å². The molecule has 0 atom stereocenters. The van der Waals surface area contributed by atoms with Gasteiger partial charge in [-0.1, -0.05) is 6.92 Å². The Kier molecular flexibility index (Phi) is 5.51. The summed E-state index contributed by atoms with van der Waals surface area (Å²) < 4.78 is 32.6. The largest absolute Gasteiger partial charge is 0.444 e. The molecule has 0 fully saturated rings. The average Bonchev–Trinajstić information content (AvgIpc) is 3.12. The third-order valence-corrected chi connectivity index (χ3v) is 5.92. The van der Waals surface area contributed by atoms with Crippen molar-refractivity contribution in [2.24, 2.45) is 0 Å². The van der Waals surface area contributed by atoms with Crippen LogP contribution in [0.3, 0.4) is 0 Å². The van der Waals surface area contributed by atoms with Crippen molar-refractivity contribution in [1.29, 1.82) is 0 Å². The van der Waals surface area contributed by atoms with Crippen molar-refractivity contribution in [3.05, 3.63) is 34.9 Å². The highest BCUT2D eigenvalue weighted by molar-refractivity contribution is 7.91. The normalized spacial score (nSPS) is 11.9. The lowest BCUT2D eigenvalue weighted by Gasteiger charge is -2.02. The Hall–Kier alpha value is -1.22. The molecular formula is C13H19N3O3S2. The fourth-order valence-electron chi connectivity index (χ4n) is 1.71. The maximum absolute atomic E-state index is 12.2. The minimum Gasteiger partial charge on any atom is -0.444 e. The highest BCUT2D eigenvalue weighted by Gasteiger charge is 2.17. The maximum atomic E-state index is 12.2. The molecule has 0 aliphatic carbocycles. The van der Waals surface area contributed by atoms with Gasteiger partial charge in [0.15, 0.2) is 0 Å². The van der Waals surface area contributed by atoms with Crippen LogP contribution in [0.2, 0.25) is 0 Å². The molecule has 2 rings (SSSR count). The number of likely N-dealkylation sites (N-methyl/N-ethyl adjacent to an activating group) is 1. The molecule has 0 saturated heterocycles. The van der Waals surface area contributed by atoms with Crippen molar-refractivity contribution in [1.82, 2.24) is 15.0 Å². The summed E-state index contributed by atoms with van der Waals surface area (Å²) in [6.45, 7) is 2.84. The van der Waals surface area contributed by atoms with Crippen molar-refractivity contribution in [3.63, 3.8) is 0 Å². The zero-order valence-corrected chi connectivity index (χ0v) is 13.7. The highest BCUT2D eigenvalue weighted by atomic mass is 32.2. The monoisotopic (exact) mass is 329 g/mol. The minimum atomic E-state index is -3.51. The SMILES string of the molecule is CCc1cnc(CNS(=O)(=O)c2ccc(CCNC)s2)o1. The summed E-state index contributed by atoms with van der Waals surface area (Å²) in [6.07, 6.45) is 3.17. The Morgan fingerprint density at radius 2 is 2.19 bits per heavy atom. The summed E-state index contributed by atoms with van der Waals surface area (Å²) in [5, 5.41) is 3.04. The molecule has 0 aliphatic heterocycles. The van der Waals surface area contributed by atoms with Crippen LogP contribution < -0.4 is 10.0 Å². The predicted octanol–water partition coefficient (Wildman–Crippen LogP) is 1.54. The molecule has 0 aromatic carbocycles. The second-order valence-corrected chi connectivity index (χ2v) is 7.63. The fourth-order valence-corrected chi connectivity index (χ4v) is 4.08. The van der Waals surface area contributed by atoms with Gasteiger partial charge in [-0.3, -0.25) is 0 Å². The van der Waals surface area contributed by atoms with E-state index < -0.39 is 10.0 Å². The zero-order valence-electron chi connectivity index (χ0n) is 12.0. The number of aryl methyl sites for hydroxylation is 1. The molecule has 21 heavy (non-hydrogen) atoms. The molecule has 116 valence electrons. The lowest BCUT2D eigenvalue weighted by Crippen LogP contribution is -2.22. The van der Waals surface area contributed by atoms with Gasteiger partial charge in [0, 0.05) is 11.3 Å². The van der Waals surface area contributed by atoms with E-state index in [4.69, 9.17) is 4.42 Å². The van der Waals surface area contributed by atoms with E-state index >= 15 is 0 Å². The van der Waals surface area contributed by atoms with Crippen molar-refractivity contribution in [2.45, 2.75) is 30.5 Å². The first-order valence-electron chi connectivity index (χ1n) is 6.71.